The third-order valence-electron chi connectivity index (χ3n) is 2.84. The lowest BCUT2D eigenvalue weighted by Crippen LogP contribution is -2.39. The van der Waals surface area contributed by atoms with Crippen LogP contribution < -0.4 is 0 Å². The van der Waals surface area contributed by atoms with Crippen LogP contribution in [0.3, 0.4) is 0 Å². The molecular weight excluding hydrogens is 271 g/mol. The molecule has 0 aromatic rings. The Labute approximate surface area is 110 Å². The average molecular weight is 292 g/mol. The molecule has 19 heavy (non-hydrogen) atoms. The van der Waals surface area contributed by atoms with Gasteiger partial charge in [0.25, 0.3) is 0 Å². The van der Waals surface area contributed by atoms with Crippen LogP contribution in [-0.2, 0) is 9.47 Å². The molecule has 0 N–H and O–H groups in total. The van der Waals surface area contributed by atoms with Gasteiger partial charge in [-0.1, -0.05) is 6.92 Å². The highest BCUT2D eigenvalue weighted by atomic mass is 19.3. The fourth-order valence-electron chi connectivity index (χ4n) is 1.48. The fourth-order valence-corrected chi connectivity index (χ4v) is 1.48. The summed E-state index contributed by atoms with van der Waals surface area (Å²) in [6.07, 6.45) is -7.08. The summed E-state index contributed by atoms with van der Waals surface area (Å²) in [5, 5.41) is 0. The first-order valence-electron chi connectivity index (χ1n) is 6.18. The number of halogens is 5. The van der Waals surface area contributed by atoms with Gasteiger partial charge in [-0.05, 0) is 26.7 Å². The van der Waals surface area contributed by atoms with Crippen LogP contribution in [0.2, 0.25) is 0 Å². The van der Waals surface area contributed by atoms with E-state index in [9.17, 15) is 22.0 Å². The molecule has 7 heteroatoms. The summed E-state index contributed by atoms with van der Waals surface area (Å²) >= 11 is 0. The zero-order chi connectivity index (χ0) is 15.1. The Morgan fingerprint density at radius 1 is 1.21 bits per heavy atom. The molecule has 0 aromatic carbocycles. The van der Waals surface area contributed by atoms with Gasteiger partial charge in [-0.15, -0.1) is 0 Å². The van der Waals surface area contributed by atoms with Gasteiger partial charge in [-0.2, -0.15) is 8.78 Å². The molecule has 0 aliphatic heterocycles. The predicted octanol–water partition coefficient (Wildman–Crippen LogP) is 4.18. The van der Waals surface area contributed by atoms with Gasteiger partial charge < -0.3 is 9.47 Å². The van der Waals surface area contributed by atoms with E-state index in [1.54, 1.807) is 6.92 Å². The van der Waals surface area contributed by atoms with Gasteiger partial charge in [0.05, 0.1) is 11.7 Å². The highest BCUT2D eigenvalue weighted by Gasteiger charge is 2.39. The predicted molar refractivity (Wildman–Crippen MR) is 61.4 cm³/mol. The minimum atomic E-state index is -3.83. The van der Waals surface area contributed by atoms with E-state index in [1.165, 1.54) is 13.8 Å². The van der Waals surface area contributed by atoms with E-state index in [0.29, 0.717) is 0 Å². The van der Waals surface area contributed by atoms with Gasteiger partial charge >= 0.3 is 6.11 Å². The Hall–Kier alpha value is -0.430. The lowest BCUT2D eigenvalue weighted by molar-refractivity contribution is -0.300. The number of hydrogen-bond acceptors (Lipinski definition) is 2. The van der Waals surface area contributed by atoms with Crippen molar-refractivity contribution in [2.75, 3.05) is 13.3 Å². The first-order valence-corrected chi connectivity index (χ1v) is 6.18. The molecule has 116 valence electrons. The van der Waals surface area contributed by atoms with Crippen LogP contribution in [0.5, 0.6) is 0 Å². The largest absolute Gasteiger partial charge is 0.384 e. The average Bonchev–Trinajstić information content (AvgIpc) is 2.27. The minimum Gasteiger partial charge on any atom is -0.378 e. The Balaban J connectivity index is 4.18. The third-order valence-corrected chi connectivity index (χ3v) is 2.84. The van der Waals surface area contributed by atoms with Crippen LogP contribution in [0.4, 0.5) is 22.0 Å². The fraction of sp³-hybridized carbons (Fsp3) is 1.00. The van der Waals surface area contributed by atoms with Crippen molar-refractivity contribution in [3.05, 3.63) is 0 Å². The monoisotopic (exact) mass is 292 g/mol. The number of alkyl halides is 5. The Kier molecular flexibility index (Phi) is 7.81. The van der Waals surface area contributed by atoms with Crippen molar-refractivity contribution in [1.82, 2.24) is 0 Å². The third kappa shape index (κ3) is 8.36. The first-order chi connectivity index (χ1) is 8.64. The SMILES string of the molecule is CCC(C)(CCOC(C)CC(F)F)OC(F)(F)CF. The highest BCUT2D eigenvalue weighted by molar-refractivity contribution is 4.75. The van der Waals surface area contributed by atoms with Crippen molar-refractivity contribution in [2.45, 2.75) is 64.3 Å². The molecule has 0 saturated carbocycles. The molecule has 2 nitrogen and oxygen atoms in total. The second-order valence-electron chi connectivity index (χ2n) is 4.73. The zero-order valence-corrected chi connectivity index (χ0v) is 11.4. The summed E-state index contributed by atoms with van der Waals surface area (Å²) in [5.41, 5.74) is -1.25. The molecule has 0 aliphatic rings. The second-order valence-corrected chi connectivity index (χ2v) is 4.73. The van der Waals surface area contributed by atoms with Crippen LogP contribution in [-0.4, -0.2) is 37.5 Å². The van der Waals surface area contributed by atoms with E-state index < -0.39 is 37.3 Å². The van der Waals surface area contributed by atoms with Crippen molar-refractivity contribution in [1.29, 1.82) is 0 Å². The second kappa shape index (κ2) is 7.99. The maximum Gasteiger partial charge on any atom is 0.384 e. The molecule has 0 bridgehead atoms. The summed E-state index contributed by atoms with van der Waals surface area (Å²) in [6, 6.07) is 0. The Bertz CT molecular complexity index is 250. The molecule has 2 atom stereocenters. The maximum atomic E-state index is 12.9. The summed E-state index contributed by atoms with van der Waals surface area (Å²) in [7, 11) is 0. The van der Waals surface area contributed by atoms with Crippen LogP contribution in [0.25, 0.3) is 0 Å². The van der Waals surface area contributed by atoms with Crippen molar-refractivity contribution in [3.8, 4) is 0 Å². The Morgan fingerprint density at radius 2 is 1.79 bits per heavy atom. The lowest BCUT2D eigenvalue weighted by atomic mass is 9.99. The number of hydrogen-bond donors (Lipinski definition) is 0. The molecule has 0 spiro atoms. The van der Waals surface area contributed by atoms with Crippen molar-refractivity contribution in [2.24, 2.45) is 0 Å². The molecule has 0 aliphatic carbocycles. The first kappa shape index (κ1) is 18.6. The van der Waals surface area contributed by atoms with E-state index in [1.807, 2.05) is 0 Å². The molecule has 0 rings (SSSR count). The van der Waals surface area contributed by atoms with E-state index in [2.05, 4.69) is 4.74 Å². The Morgan fingerprint density at radius 3 is 2.21 bits per heavy atom. The van der Waals surface area contributed by atoms with Gasteiger partial charge in [0, 0.05) is 13.0 Å². The van der Waals surface area contributed by atoms with Gasteiger partial charge in [0.15, 0.2) is 6.67 Å². The van der Waals surface area contributed by atoms with E-state index in [4.69, 9.17) is 4.74 Å². The number of ether oxygens (including phenoxy) is 2. The van der Waals surface area contributed by atoms with E-state index in [0.717, 1.165) is 0 Å². The maximum absolute atomic E-state index is 12.9. The molecular formula is C12H21F5O2. The van der Waals surface area contributed by atoms with Crippen LogP contribution in [0, 0.1) is 0 Å². The minimum absolute atomic E-state index is 0.000588. The van der Waals surface area contributed by atoms with Crippen molar-refractivity contribution in [3.63, 3.8) is 0 Å². The molecule has 0 saturated heterocycles. The van der Waals surface area contributed by atoms with Crippen LogP contribution >= 0.6 is 0 Å². The molecule has 0 fully saturated rings. The van der Waals surface area contributed by atoms with Gasteiger partial charge in [0.2, 0.25) is 6.43 Å². The quantitative estimate of drug-likeness (QED) is 0.562. The number of rotatable bonds is 10. The molecule has 0 aromatic heterocycles. The topological polar surface area (TPSA) is 18.5 Å². The highest BCUT2D eigenvalue weighted by Crippen LogP contribution is 2.29. The van der Waals surface area contributed by atoms with E-state index >= 15 is 0 Å². The van der Waals surface area contributed by atoms with Gasteiger partial charge in [-0.25, -0.2) is 13.2 Å². The van der Waals surface area contributed by atoms with Gasteiger partial charge in [0.1, 0.15) is 0 Å². The lowest BCUT2D eigenvalue weighted by Gasteiger charge is -2.32. The summed E-state index contributed by atoms with van der Waals surface area (Å²) in [4.78, 5) is 0. The summed E-state index contributed by atoms with van der Waals surface area (Å²) < 4.78 is 71.4. The van der Waals surface area contributed by atoms with Gasteiger partial charge in [-0.3, -0.25) is 0 Å². The van der Waals surface area contributed by atoms with Crippen molar-refractivity contribution >= 4 is 0 Å². The van der Waals surface area contributed by atoms with Crippen molar-refractivity contribution < 1.29 is 31.4 Å². The standard InChI is InChI=1S/C12H21F5O2/c1-4-11(3,19-12(16,17)8-13)5-6-18-9(2)7-10(14)15/h9-10H,4-8H2,1-3H3. The van der Waals surface area contributed by atoms with Crippen LogP contribution in [0.15, 0.2) is 0 Å². The molecule has 0 amide bonds. The van der Waals surface area contributed by atoms with E-state index in [-0.39, 0.29) is 19.4 Å². The normalized spacial score (nSPS) is 17.5. The molecule has 0 heterocycles. The summed E-state index contributed by atoms with van der Waals surface area (Å²) in [5.74, 6) is 0. The van der Waals surface area contributed by atoms with Crippen LogP contribution in [0.1, 0.15) is 40.0 Å². The molecule has 2 unspecified atom stereocenters. The molecule has 0 radical (unpaired) electrons. The summed E-state index contributed by atoms with van der Waals surface area (Å²) in [6.45, 7) is 2.62. The smallest absolute Gasteiger partial charge is 0.378 e. The zero-order valence-electron chi connectivity index (χ0n) is 11.4.